The van der Waals surface area contributed by atoms with E-state index in [0.717, 1.165) is 36.1 Å². The number of amides is 1. The van der Waals surface area contributed by atoms with Crippen LogP contribution in [-0.4, -0.2) is 33.0 Å². The highest BCUT2D eigenvalue weighted by Gasteiger charge is 2.25. The van der Waals surface area contributed by atoms with Gasteiger partial charge in [-0.3, -0.25) is 23.6 Å². The van der Waals surface area contributed by atoms with Crippen LogP contribution in [0.1, 0.15) is 24.1 Å². The molecule has 3 rings (SSSR count). The molecule has 1 amide bonds. The van der Waals surface area contributed by atoms with Gasteiger partial charge in [0.25, 0.3) is 5.56 Å². The van der Waals surface area contributed by atoms with Gasteiger partial charge in [-0.05, 0) is 31.5 Å². The number of carbonyl (C=O) groups is 1. The number of rotatable bonds is 5. The van der Waals surface area contributed by atoms with Crippen molar-refractivity contribution >= 4 is 5.91 Å². The van der Waals surface area contributed by atoms with Crippen molar-refractivity contribution in [1.82, 2.24) is 19.4 Å². The van der Waals surface area contributed by atoms with Gasteiger partial charge in [-0.15, -0.1) is 0 Å². The number of aromatic nitrogens is 2. The highest BCUT2D eigenvalue weighted by Crippen LogP contribution is 2.19. The molecule has 0 radical (unpaired) electrons. The number of nitrogens with zero attached hydrogens (tertiary/aromatic N) is 3. The first kappa shape index (κ1) is 19.1. The molecule has 7 heteroatoms. The van der Waals surface area contributed by atoms with Crippen molar-refractivity contribution in [3.8, 4) is 0 Å². The Morgan fingerprint density at radius 2 is 1.74 bits per heavy atom. The summed E-state index contributed by atoms with van der Waals surface area (Å²) in [6, 6.07) is 11.4. The minimum Gasteiger partial charge on any atom is -0.352 e. The van der Waals surface area contributed by atoms with Crippen LogP contribution in [0.4, 0.5) is 0 Å². The summed E-state index contributed by atoms with van der Waals surface area (Å²) in [5, 5.41) is 3.02. The van der Waals surface area contributed by atoms with Gasteiger partial charge in [0.15, 0.2) is 0 Å². The topological polar surface area (TPSA) is 76.3 Å². The number of piperidine rings is 1. The van der Waals surface area contributed by atoms with Crippen LogP contribution in [-0.2, 0) is 32.0 Å². The van der Waals surface area contributed by atoms with Crippen LogP contribution < -0.4 is 16.6 Å². The molecule has 0 atom stereocenters. The minimum atomic E-state index is -0.312. The monoisotopic (exact) mass is 370 g/mol. The van der Waals surface area contributed by atoms with E-state index in [1.165, 1.54) is 17.7 Å². The fourth-order valence-corrected chi connectivity index (χ4v) is 3.44. The van der Waals surface area contributed by atoms with Gasteiger partial charge in [-0.1, -0.05) is 30.3 Å². The Morgan fingerprint density at radius 3 is 2.41 bits per heavy atom. The SMILES string of the molecule is Cn1c(CN2CCC(C(=O)NCc3ccccc3)CC2)cc(=O)n(C)c1=O. The second kappa shape index (κ2) is 8.35. The van der Waals surface area contributed by atoms with Gasteiger partial charge in [0.1, 0.15) is 0 Å². The average molecular weight is 370 g/mol. The fraction of sp³-hybridized carbons (Fsp3) is 0.450. The standard InChI is InChI=1S/C20H26N4O3/c1-22-17(12-18(25)23(2)20(22)27)14-24-10-8-16(9-11-24)19(26)21-13-15-6-4-3-5-7-15/h3-7,12,16H,8-11,13-14H2,1-2H3,(H,21,26). The van der Waals surface area contributed by atoms with Crippen molar-refractivity contribution in [2.24, 2.45) is 20.0 Å². The van der Waals surface area contributed by atoms with E-state index in [4.69, 9.17) is 0 Å². The van der Waals surface area contributed by atoms with Crippen molar-refractivity contribution in [3.63, 3.8) is 0 Å². The molecule has 1 aromatic carbocycles. The summed E-state index contributed by atoms with van der Waals surface area (Å²) in [5.41, 5.74) is 1.20. The van der Waals surface area contributed by atoms with Gasteiger partial charge in [0, 0.05) is 44.9 Å². The molecule has 1 fully saturated rings. The number of hydrogen-bond donors (Lipinski definition) is 1. The third-order valence-corrected chi connectivity index (χ3v) is 5.28. The Morgan fingerprint density at radius 1 is 1.07 bits per heavy atom. The van der Waals surface area contributed by atoms with E-state index in [0.29, 0.717) is 18.8 Å². The second-order valence-electron chi connectivity index (χ2n) is 7.13. The Labute approximate surface area is 158 Å². The molecule has 1 saturated heterocycles. The van der Waals surface area contributed by atoms with Crippen molar-refractivity contribution < 1.29 is 4.79 Å². The Balaban J connectivity index is 1.52. The first-order valence-electron chi connectivity index (χ1n) is 9.25. The summed E-state index contributed by atoms with van der Waals surface area (Å²) in [6.07, 6.45) is 1.55. The maximum atomic E-state index is 12.4. The number of likely N-dealkylation sites (tertiary alicyclic amines) is 1. The number of carbonyl (C=O) groups excluding carboxylic acids is 1. The lowest BCUT2D eigenvalue weighted by Gasteiger charge is -2.31. The molecule has 0 aliphatic carbocycles. The van der Waals surface area contributed by atoms with Gasteiger partial charge in [0.05, 0.1) is 0 Å². The highest BCUT2D eigenvalue weighted by atomic mass is 16.2. The Kier molecular flexibility index (Phi) is 5.91. The van der Waals surface area contributed by atoms with Crippen molar-refractivity contribution in [1.29, 1.82) is 0 Å². The molecule has 144 valence electrons. The van der Waals surface area contributed by atoms with E-state index in [-0.39, 0.29) is 23.1 Å². The molecule has 0 spiro atoms. The van der Waals surface area contributed by atoms with E-state index in [1.807, 2.05) is 30.3 Å². The van der Waals surface area contributed by atoms with Crippen LogP contribution in [0.2, 0.25) is 0 Å². The van der Waals surface area contributed by atoms with Crippen LogP contribution >= 0.6 is 0 Å². The fourth-order valence-electron chi connectivity index (χ4n) is 3.44. The van der Waals surface area contributed by atoms with Crippen molar-refractivity contribution in [3.05, 3.63) is 68.5 Å². The molecular weight excluding hydrogens is 344 g/mol. The van der Waals surface area contributed by atoms with Gasteiger partial charge < -0.3 is 5.32 Å². The number of hydrogen-bond acceptors (Lipinski definition) is 4. The number of nitrogens with one attached hydrogen (secondary N) is 1. The van der Waals surface area contributed by atoms with Crippen LogP contribution in [0.5, 0.6) is 0 Å². The molecule has 2 heterocycles. The zero-order valence-corrected chi connectivity index (χ0v) is 15.9. The van der Waals surface area contributed by atoms with E-state index in [1.54, 1.807) is 7.05 Å². The molecule has 1 N–H and O–H groups in total. The number of benzene rings is 1. The van der Waals surface area contributed by atoms with Crippen molar-refractivity contribution in [2.75, 3.05) is 13.1 Å². The average Bonchev–Trinajstić information content (AvgIpc) is 2.70. The van der Waals surface area contributed by atoms with Gasteiger partial charge in [0.2, 0.25) is 5.91 Å². The maximum absolute atomic E-state index is 12.4. The van der Waals surface area contributed by atoms with Crippen LogP contribution in [0.15, 0.2) is 46.0 Å². The summed E-state index contributed by atoms with van der Waals surface area (Å²) in [7, 11) is 3.16. The van der Waals surface area contributed by atoms with E-state index < -0.39 is 0 Å². The molecule has 27 heavy (non-hydrogen) atoms. The molecule has 0 saturated carbocycles. The molecule has 2 aromatic rings. The largest absolute Gasteiger partial charge is 0.352 e. The van der Waals surface area contributed by atoms with E-state index in [9.17, 15) is 14.4 Å². The summed E-state index contributed by atoms with van der Waals surface area (Å²) in [6.45, 7) is 2.63. The third kappa shape index (κ3) is 4.54. The molecule has 1 aliphatic rings. The summed E-state index contributed by atoms with van der Waals surface area (Å²) in [5.74, 6) is 0.108. The third-order valence-electron chi connectivity index (χ3n) is 5.28. The molecule has 0 bridgehead atoms. The quantitative estimate of drug-likeness (QED) is 0.837. The van der Waals surface area contributed by atoms with E-state index >= 15 is 0 Å². The summed E-state index contributed by atoms with van der Waals surface area (Å²) < 4.78 is 2.62. The van der Waals surface area contributed by atoms with Gasteiger partial charge in [-0.25, -0.2) is 4.79 Å². The molecule has 1 aromatic heterocycles. The smallest absolute Gasteiger partial charge is 0.330 e. The van der Waals surface area contributed by atoms with Crippen LogP contribution in [0.25, 0.3) is 0 Å². The van der Waals surface area contributed by atoms with Crippen LogP contribution in [0, 0.1) is 5.92 Å². The van der Waals surface area contributed by atoms with E-state index in [2.05, 4.69) is 10.2 Å². The molecular formula is C20H26N4O3. The Hall–Kier alpha value is -2.67. The second-order valence-corrected chi connectivity index (χ2v) is 7.13. The van der Waals surface area contributed by atoms with Gasteiger partial charge >= 0.3 is 5.69 Å². The highest BCUT2D eigenvalue weighted by molar-refractivity contribution is 5.78. The first-order valence-corrected chi connectivity index (χ1v) is 9.25. The Bertz CT molecular complexity index is 909. The van der Waals surface area contributed by atoms with Crippen LogP contribution in [0.3, 0.4) is 0 Å². The normalized spacial score (nSPS) is 15.6. The lowest BCUT2D eigenvalue weighted by molar-refractivity contribution is -0.126. The predicted octanol–water partition coefficient (Wildman–Crippen LogP) is 0.612. The molecule has 1 aliphatic heterocycles. The molecule has 7 nitrogen and oxygen atoms in total. The van der Waals surface area contributed by atoms with Gasteiger partial charge in [-0.2, -0.15) is 0 Å². The zero-order chi connectivity index (χ0) is 19.4. The maximum Gasteiger partial charge on any atom is 0.330 e. The lowest BCUT2D eigenvalue weighted by Crippen LogP contribution is -2.42. The van der Waals surface area contributed by atoms with Crippen molar-refractivity contribution in [2.45, 2.75) is 25.9 Å². The predicted molar refractivity (Wildman–Crippen MR) is 103 cm³/mol. The lowest BCUT2D eigenvalue weighted by atomic mass is 9.95. The summed E-state index contributed by atoms with van der Waals surface area (Å²) in [4.78, 5) is 38.5. The zero-order valence-electron chi connectivity index (χ0n) is 15.9. The summed E-state index contributed by atoms with van der Waals surface area (Å²) >= 11 is 0. The minimum absolute atomic E-state index is 0.0115. The first-order chi connectivity index (χ1) is 13.0. The molecule has 0 unspecified atom stereocenters.